The fourth-order valence-electron chi connectivity index (χ4n) is 2.98. The van der Waals surface area contributed by atoms with Gasteiger partial charge in [0.1, 0.15) is 0 Å². The molecule has 1 aromatic carbocycles. The molecule has 140 valence electrons. The lowest BCUT2D eigenvalue weighted by atomic mass is 10.0. The Kier molecular flexibility index (Phi) is 9.34. The molecule has 1 amide bonds. The van der Waals surface area contributed by atoms with E-state index < -0.39 is 0 Å². The van der Waals surface area contributed by atoms with Crippen LogP contribution in [0.4, 0.5) is 5.69 Å². The first kappa shape index (κ1) is 21.8. The van der Waals surface area contributed by atoms with Crippen molar-refractivity contribution in [3.8, 4) is 0 Å². The third kappa shape index (κ3) is 6.54. The van der Waals surface area contributed by atoms with Crippen molar-refractivity contribution in [2.75, 3.05) is 19.6 Å². The zero-order valence-corrected chi connectivity index (χ0v) is 16.4. The molecule has 0 bridgehead atoms. The van der Waals surface area contributed by atoms with E-state index in [0.29, 0.717) is 30.5 Å². The van der Waals surface area contributed by atoms with Crippen molar-refractivity contribution in [1.29, 1.82) is 0 Å². The molecular formula is C16H24BrClN4O3. The average molecular weight is 436 g/mol. The Morgan fingerprint density at radius 2 is 2.20 bits per heavy atom. The Balaban J connectivity index is 0.00000312. The minimum absolute atomic E-state index is 0. The summed E-state index contributed by atoms with van der Waals surface area (Å²) in [5, 5.41) is 14.0. The molecule has 1 aliphatic heterocycles. The van der Waals surface area contributed by atoms with Crippen molar-refractivity contribution in [3.05, 3.63) is 38.3 Å². The van der Waals surface area contributed by atoms with Crippen LogP contribution in [0.1, 0.15) is 31.2 Å². The molecule has 1 fully saturated rings. The van der Waals surface area contributed by atoms with Gasteiger partial charge in [-0.1, -0.05) is 12.5 Å². The van der Waals surface area contributed by atoms with Crippen LogP contribution in [0.15, 0.2) is 22.7 Å². The van der Waals surface area contributed by atoms with Crippen LogP contribution in [0, 0.1) is 10.1 Å². The zero-order chi connectivity index (χ0) is 17.5. The summed E-state index contributed by atoms with van der Waals surface area (Å²) in [6.07, 6.45) is 3.59. The third-order valence-electron chi connectivity index (χ3n) is 4.25. The van der Waals surface area contributed by atoms with Crippen molar-refractivity contribution in [2.45, 2.75) is 38.3 Å². The molecular weight excluding hydrogens is 412 g/mol. The second kappa shape index (κ2) is 10.7. The summed E-state index contributed by atoms with van der Waals surface area (Å²) in [5.41, 5.74) is 6.38. The molecule has 25 heavy (non-hydrogen) atoms. The predicted octanol–water partition coefficient (Wildman–Crippen LogP) is 2.60. The highest BCUT2D eigenvalue weighted by atomic mass is 79.9. The second-order valence-electron chi connectivity index (χ2n) is 6.01. The molecule has 1 unspecified atom stereocenters. The van der Waals surface area contributed by atoms with Crippen LogP contribution in [0.5, 0.6) is 0 Å². The number of hydrogen-bond acceptors (Lipinski definition) is 5. The molecule has 0 radical (unpaired) electrons. The largest absolute Gasteiger partial charge is 0.354 e. The van der Waals surface area contributed by atoms with Crippen LogP contribution >= 0.6 is 28.3 Å². The highest BCUT2D eigenvalue weighted by molar-refractivity contribution is 9.10. The number of amides is 1. The van der Waals surface area contributed by atoms with Gasteiger partial charge in [0.05, 0.1) is 9.40 Å². The maximum atomic E-state index is 11.6. The Morgan fingerprint density at radius 3 is 2.88 bits per heavy atom. The number of nitrogens with two attached hydrogens (primary N) is 1. The highest BCUT2D eigenvalue weighted by Gasteiger charge is 2.23. The topological polar surface area (TPSA) is 102 Å². The van der Waals surface area contributed by atoms with E-state index in [0.717, 1.165) is 31.4 Å². The van der Waals surface area contributed by atoms with Gasteiger partial charge in [0.15, 0.2) is 0 Å². The molecule has 1 aromatic rings. The molecule has 1 atom stereocenters. The number of nitrogens with zero attached hydrogens (tertiary/aromatic N) is 2. The SMILES string of the molecule is Cl.NCCC(=O)NCC1CCCCN1Cc1ccc(Br)c([N+](=O)[O-])c1. The lowest BCUT2D eigenvalue weighted by Gasteiger charge is -2.35. The Morgan fingerprint density at radius 1 is 1.44 bits per heavy atom. The van der Waals surface area contributed by atoms with E-state index in [1.165, 1.54) is 0 Å². The number of nitro groups is 1. The molecule has 1 saturated heterocycles. The quantitative estimate of drug-likeness (QED) is 0.506. The molecule has 7 nitrogen and oxygen atoms in total. The summed E-state index contributed by atoms with van der Waals surface area (Å²) < 4.78 is 0.487. The number of piperidine rings is 1. The van der Waals surface area contributed by atoms with Crippen LogP contribution < -0.4 is 11.1 Å². The Hall–Kier alpha value is -1.22. The molecule has 1 heterocycles. The summed E-state index contributed by atoms with van der Waals surface area (Å²) in [4.78, 5) is 24.6. The molecule has 0 saturated carbocycles. The molecule has 3 N–H and O–H groups in total. The summed E-state index contributed by atoms with van der Waals surface area (Å²) in [6, 6.07) is 5.48. The van der Waals surface area contributed by atoms with Gasteiger partial charge in [-0.15, -0.1) is 12.4 Å². The second-order valence-corrected chi connectivity index (χ2v) is 6.86. The van der Waals surface area contributed by atoms with E-state index in [9.17, 15) is 14.9 Å². The summed E-state index contributed by atoms with van der Waals surface area (Å²) in [6.45, 7) is 2.52. The minimum Gasteiger partial charge on any atom is -0.354 e. The number of carbonyl (C=O) groups excluding carboxylic acids is 1. The van der Waals surface area contributed by atoms with Gasteiger partial charge in [-0.25, -0.2) is 0 Å². The predicted molar refractivity (Wildman–Crippen MR) is 103 cm³/mol. The van der Waals surface area contributed by atoms with Gasteiger partial charge in [0.2, 0.25) is 5.91 Å². The van der Waals surface area contributed by atoms with Gasteiger partial charge in [-0.3, -0.25) is 19.8 Å². The van der Waals surface area contributed by atoms with Crippen LogP contribution in [0.2, 0.25) is 0 Å². The lowest BCUT2D eigenvalue weighted by molar-refractivity contribution is -0.385. The van der Waals surface area contributed by atoms with E-state index >= 15 is 0 Å². The maximum absolute atomic E-state index is 11.6. The first-order valence-corrected chi connectivity index (χ1v) is 8.94. The molecule has 0 aromatic heterocycles. The maximum Gasteiger partial charge on any atom is 0.283 e. The van der Waals surface area contributed by atoms with Gasteiger partial charge >= 0.3 is 0 Å². The highest BCUT2D eigenvalue weighted by Crippen LogP contribution is 2.27. The summed E-state index contributed by atoms with van der Waals surface area (Å²) >= 11 is 3.21. The number of benzene rings is 1. The average Bonchev–Trinajstić information content (AvgIpc) is 2.56. The number of rotatable bonds is 7. The van der Waals surface area contributed by atoms with Crippen molar-refractivity contribution in [1.82, 2.24) is 10.2 Å². The number of halogens is 2. The smallest absolute Gasteiger partial charge is 0.283 e. The number of nitrogens with one attached hydrogen (secondary N) is 1. The van der Waals surface area contributed by atoms with Gasteiger partial charge in [0.25, 0.3) is 5.69 Å². The van der Waals surface area contributed by atoms with Crippen molar-refractivity contribution in [3.63, 3.8) is 0 Å². The number of nitro benzene ring substituents is 1. The number of carbonyl (C=O) groups is 1. The number of likely N-dealkylation sites (tertiary alicyclic amines) is 1. The standard InChI is InChI=1S/C16H23BrN4O3.ClH/c17-14-5-4-12(9-15(14)21(23)24)11-20-8-2-1-3-13(20)10-19-16(22)6-7-18;/h4-5,9,13H,1-3,6-8,10-11,18H2,(H,19,22);1H. The first-order valence-electron chi connectivity index (χ1n) is 8.15. The molecule has 1 aliphatic rings. The van der Waals surface area contributed by atoms with Gasteiger partial charge in [-0.05, 0) is 46.9 Å². The Bertz CT molecular complexity index is 603. The van der Waals surface area contributed by atoms with Gasteiger partial charge in [0, 0.05) is 38.2 Å². The number of hydrogen-bond donors (Lipinski definition) is 2. The van der Waals surface area contributed by atoms with Gasteiger partial charge < -0.3 is 11.1 Å². The Labute approximate surface area is 162 Å². The van der Waals surface area contributed by atoms with Crippen LogP contribution in [-0.2, 0) is 11.3 Å². The van der Waals surface area contributed by atoms with Crippen molar-refractivity contribution < 1.29 is 9.72 Å². The fourth-order valence-corrected chi connectivity index (χ4v) is 3.37. The monoisotopic (exact) mass is 434 g/mol. The van der Waals surface area contributed by atoms with Crippen molar-refractivity contribution >= 4 is 39.9 Å². The first-order chi connectivity index (χ1) is 11.5. The van der Waals surface area contributed by atoms with E-state index in [-0.39, 0.29) is 35.0 Å². The van der Waals surface area contributed by atoms with E-state index in [2.05, 4.69) is 26.1 Å². The molecule has 0 aliphatic carbocycles. The lowest BCUT2D eigenvalue weighted by Crippen LogP contribution is -2.46. The molecule has 9 heteroatoms. The molecule has 2 rings (SSSR count). The molecule has 0 spiro atoms. The summed E-state index contributed by atoms with van der Waals surface area (Å²) in [7, 11) is 0. The normalized spacial score (nSPS) is 17.6. The zero-order valence-electron chi connectivity index (χ0n) is 13.9. The minimum atomic E-state index is -0.381. The van der Waals surface area contributed by atoms with Crippen LogP contribution in [0.3, 0.4) is 0 Å². The van der Waals surface area contributed by atoms with Crippen LogP contribution in [0.25, 0.3) is 0 Å². The van der Waals surface area contributed by atoms with E-state index in [1.54, 1.807) is 12.1 Å². The van der Waals surface area contributed by atoms with E-state index in [4.69, 9.17) is 5.73 Å². The van der Waals surface area contributed by atoms with E-state index in [1.807, 2.05) is 6.07 Å². The van der Waals surface area contributed by atoms with Crippen LogP contribution in [-0.4, -0.2) is 41.4 Å². The third-order valence-corrected chi connectivity index (χ3v) is 4.92. The summed E-state index contributed by atoms with van der Waals surface area (Å²) in [5.74, 6) is -0.0256. The van der Waals surface area contributed by atoms with Gasteiger partial charge in [-0.2, -0.15) is 0 Å². The fraction of sp³-hybridized carbons (Fsp3) is 0.562. The van der Waals surface area contributed by atoms with Crippen molar-refractivity contribution in [2.24, 2.45) is 5.73 Å².